The number of hydrogen-bond donors (Lipinski definition) is 1. The van der Waals surface area contributed by atoms with Crippen LogP contribution in [0.25, 0.3) is 22.2 Å². The monoisotopic (exact) mass is 376 g/mol. The molecule has 0 atom stereocenters. The van der Waals surface area contributed by atoms with E-state index in [2.05, 4.69) is 28.8 Å². The van der Waals surface area contributed by atoms with Crippen molar-refractivity contribution in [3.63, 3.8) is 0 Å². The second-order valence-electron chi connectivity index (χ2n) is 6.86. The lowest BCUT2D eigenvalue weighted by atomic mass is 10.0. The molecule has 0 fully saturated rings. The van der Waals surface area contributed by atoms with Crippen LogP contribution in [0.2, 0.25) is 5.02 Å². The van der Waals surface area contributed by atoms with Gasteiger partial charge >= 0.3 is 0 Å². The highest BCUT2D eigenvalue weighted by Gasteiger charge is 2.13. The first-order valence-corrected chi connectivity index (χ1v) is 9.35. The quantitative estimate of drug-likeness (QED) is 0.509. The first kappa shape index (κ1) is 17.8. The van der Waals surface area contributed by atoms with Gasteiger partial charge in [0.15, 0.2) is 0 Å². The van der Waals surface area contributed by atoms with Gasteiger partial charge in [-0.25, -0.2) is 4.98 Å². The molecule has 1 aromatic heterocycles. The summed E-state index contributed by atoms with van der Waals surface area (Å²) in [5.41, 5.74) is 7.27. The molecule has 4 heteroatoms. The Morgan fingerprint density at radius 1 is 0.963 bits per heavy atom. The van der Waals surface area contributed by atoms with Gasteiger partial charge in [-0.05, 0) is 53.8 Å². The molecule has 1 N–H and O–H groups in total. The van der Waals surface area contributed by atoms with Crippen LogP contribution in [0.3, 0.4) is 0 Å². The van der Waals surface area contributed by atoms with Gasteiger partial charge < -0.3 is 9.67 Å². The number of halogens is 1. The van der Waals surface area contributed by atoms with E-state index in [1.807, 2.05) is 50.2 Å². The lowest BCUT2D eigenvalue weighted by Gasteiger charge is -2.11. The number of fused-ring (bicyclic) bond motifs is 1. The van der Waals surface area contributed by atoms with Crippen LogP contribution < -0.4 is 0 Å². The van der Waals surface area contributed by atoms with Gasteiger partial charge in [-0.15, -0.1) is 0 Å². The van der Waals surface area contributed by atoms with Crippen molar-refractivity contribution < 1.29 is 5.11 Å². The van der Waals surface area contributed by atoms with Crippen molar-refractivity contribution in [2.45, 2.75) is 27.0 Å². The fourth-order valence-electron chi connectivity index (χ4n) is 3.53. The Bertz CT molecular complexity index is 1120. The van der Waals surface area contributed by atoms with Crippen LogP contribution in [0.5, 0.6) is 0 Å². The Morgan fingerprint density at radius 2 is 1.74 bits per heavy atom. The van der Waals surface area contributed by atoms with Crippen molar-refractivity contribution in [1.29, 1.82) is 0 Å². The van der Waals surface area contributed by atoms with Crippen molar-refractivity contribution in [2.75, 3.05) is 0 Å². The standard InChI is InChI=1S/C23H21ClN2O/c1-15-10-17(14-27)11-22-23(15)25-16(2)26(22)13-20-9-8-19(12-21(20)24)18-6-4-3-5-7-18/h3-12,27H,13-14H2,1-2H3. The molecule has 0 saturated carbocycles. The van der Waals surface area contributed by atoms with Crippen LogP contribution >= 0.6 is 11.6 Å². The van der Waals surface area contributed by atoms with Crippen LogP contribution in [0.4, 0.5) is 0 Å². The number of nitrogens with zero attached hydrogens (tertiary/aromatic N) is 2. The predicted octanol–water partition coefficient (Wildman–Crippen LogP) is 5.51. The Balaban J connectivity index is 1.74. The second-order valence-corrected chi connectivity index (χ2v) is 7.26. The third kappa shape index (κ3) is 3.36. The van der Waals surface area contributed by atoms with Crippen molar-refractivity contribution in [1.82, 2.24) is 9.55 Å². The second kappa shape index (κ2) is 7.18. The topological polar surface area (TPSA) is 38.1 Å². The fourth-order valence-corrected chi connectivity index (χ4v) is 3.77. The summed E-state index contributed by atoms with van der Waals surface area (Å²) >= 11 is 6.62. The van der Waals surface area contributed by atoms with Gasteiger partial charge in [-0.1, -0.05) is 60.1 Å². The van der Waals surface area contributed by atoms with Crippen LogP contribution in [0.15, 0.2) is 60.7 Å². The molecule has 0 aliphatic rings. The third-order valence-corrected chi connectivity index (χ3v) is 5.32. The molecule has 0 saturated heterocycles. The Hall–Kier alpha value is -2.62. The molecule has 0 spiro atoms. The number of rotatable bonds is 4. The molecule has 136 valence electrons. The summed E-state index contributed by atoms with van der Waals surface area (Å²) in [5, 5.41) is 10.3. The first-order chi connectivity index (χ1) is 13.1. The summed E-state index contributed by atoms with van der Waals surface area (Å²) in [4.78, 5) is 4.72. The summed E-state index contributed by atoms with van der Waals surface area (Å²) in [5.74, 6) is 0.936. The fraction of sp³-hybridized carbons (Fsp3) is 0.174. The van der Waals surface area contributed by atoms with Crippen LogP contribution in [-0.2, 0) is 13.2 Å². The zero-order chi connectivity index (χ0) is 19.0. The average molecular weight is 377 g/mol. The van der Waals surface area contributed by atoms with E-state index in [9.17, 15) is 5.11 Å². The smallest absolute Gasteiger partial charge is 0.107 e. The van der Waals surface area contributed by atoms with Gasteiger partial charge in [0.25, 0.3) is 0 Å². The normalized spacial score (nSPS) is 11.3. The molecule has 0 radical (unpaired) electrons. The van der Waals surface area contributed by atoms with E-state index in [1.54, 1.807) is 0 Å². The molecule has 0 aliphatic carbocycles. The highest BCUT2D eigenvalue weighted by atomic mass is 35.5. The largest absolute Gasteiger partial charge is 0.392 e. The summed E-state index contributed by atoms with van der Waals surface area (Å²) in [6.45, 7) is 4.70. The van der Waals surface area contributed by atoms with E-state index in [4.69, 9.17) is 16.6 Å². The molecule has 3 aromatic carbocycles. The maximum Gasteiger partial charge on any atom is 0.107 e. The van der Waals surface area contributed by atoms with Gasteiger partial charge in [0.1, 0.15) is 5.82 Å². The average Bonchev–Trinajstić information content (AvgIpc) is 3.00. The van der Waals surface area contributed by atoms with Crippen LogP contribution in [-0.4, -0.2) is 14.7 Å². The summed E-state index contributed by atoms with van der Waals surface area (Å²) in [6.07, 6.45) is 0. The van der Waals surface area contributed by atoms with Gasteiger partial charge in [-0.3, -0.25) is 0 Å². The van der Waals surface area contributed by atoms with Crippen molar-refractivity contribution in [3.8, 4) is 11.1 Å². The van der Waals surface area contributed by atoms with Gasteiger partial charge in [0.2, 0.25) is 0 Å². The molecule has 0 amide bonds. The molecule has 0 bridgehead atoms. The highest BCUT2D eigenvalue weighted by molar-refractivity contribution is 6.31. The molecule has 27 heavy (non-hydrogen) atoms. The van der Waals surface area contributed by atoms with Crippen molar-refractivity contribution in [2.24, 2.45) is 0 Å². The Kier molecular flexibility index (Phi) is 4.73. The number of imidazole rings is 1. The lowest BCUT2D eigenvalue weighted by molar-refractivity contribution is 0.282. The zero-order valence-corrected chi connectivity index (χ0v) is 16.2. The predicted molar refractivity (Wildman–Crippen MR) is 111 cm³/mol. The molecule has 0 aliphatic heterocycles. The van der Waals surface area contributed by atoms with E-state index in [0.29, 0.717) is 6.54 Å². The zero-order valence-electron chi connectivity index (χ0n) is 15.4. The molecule has 3 nitrogen and oxygen atoms in total. The molecule has 4 aromatic rings. The minimum Gasteiger partial charge on any atom is -0.392 e. The SMILES string of the molecule is Cc1cc(CO)cc2c1nc(C)n2Cc1ccc(-c2ccccc2)cc1Cl. The number of aliphatic hydroxyl groups excluding tert-OH is 1. The number of aryl methyl sites for hydroxylation is 2. The number of benzene rings is 3. The maximum absolute atomic E-state index is 9.54. The van der Waals surface area contributed by atoms with Gasteiger partial charge in [0.05, 0.1) is 24.2 Å². The van der Waals surface area contributed by atoms with E-state index < -0.39 is 0 Å². The highest BCUT2D eigenvalue weighted by Crippen LogP contribution is 2.28. The maximum atomic E-state index is 9.54. The molecule has 4 rings (SSSR count). The Morgan fingerprint density at radius 3 is 2.44 bits per heavy atom. The number of aromatic nitrogens is 2. The van der Waals surface area contributed by atoms with Crippen molar-refractivity contribution in [3.05, 3.63) is 88.2 Å². The van der Waals surface area contributed by atoms with E-state index in [1.165, 1.54) is 0 Å². The number of hydrogen-bond acceptors (Lipinski definition) is 2. The summed E-state index contributed by atoms with van der Waals surface area (Å²) < 4.78 is 2.16. The minimum absolute atomic E-state index is 0.0214. The molecule has 0 unspecified atom stereocenters. The van der Waals surface area contributed by atoms with E-state index in [-0.39, 0.29) is 6.61 Å². The molecule has 1 heterocycles. The third-order valence-electron chi connectivity index (χ3n) is 4.97. The van der Waals surface area contributed by atoms with Gasteiger partial charge in [0, 0.05) is 5.02 Å². The molecular formula is C23H21ClN2O. The van der Waals surface area contributed by atoms with Crippen LogP contribution in [0.1, 0.15) is 22.5 Å². The van der Waals surface area contributed by atoms with E-state index in [0.717, 1.165) is 49.7 Å². The number of aliphatic hydroxyl groups is 1. The van der Waals surface area contributed by atoms with Gasteiger partial charge in [-0.2, -0.15) is 0 Å². The lowest BCUT2D eigenvalue weighted by Crippen LogP contribution is -2.03. The minimum atomic E-state index is 0.0214. The first-order valence-electron chi connectivity index (χ1n) is 8.98. The van der Waals surface area contributed by atoms with E-state index >= 15 is 0 Å². The van der Waals surface area contributed by atoms with Crippen LogP contribution in [0, 0.1) is 13.8 Å². The Labute approximate surface area is 163 Å². The molecular weight excluding hydrogens is 356 g/mol. The summed E-state index contributed by atoms with van der Waals surface area (Å²) in [6, 6.07) is 20.4. The summed E-state index contributed by atoms with van der Waals surface area (Å²) in [7, 11) is 0. The van der Waals surface area contributed by atoms with Crippen molar-refractivity contribution >= 4 is 22.6 Å².